The molecule has 90 valence electrons. The van der Waals surface area contributed by atoms with Crippen molar-refractivity contribution in [2.75, 3.05) is 0 Å². The molecule has 2 heteroatoms. The third kappa shape index (κ3) is 2.57. The van der Waals surface area contributed by atoms with Gasteiger partial charge in [0.05, 0.1) is 12.5 Å². The predicted molar refractivity (Wildman–Crippen MR) is 70.5 cm³/mol. The van der Waals surface area contributed by atoms with Crippen LogP contribution in [0.1, 0.15) is 18.1 Å². The molecular formula is C16H14FN. The molecule has 0 heterocycles. The van der Waals surface area contributed by atoms with Crippen LogP contribution < -0.4 is 0 Å². The summed E-state index contributed by atoms with van der Waals surface area (Å²) in [5.41, 5.74) is 3.55. The van der Waals surface area contributed by atoms with Gasteiger partial charge >= 0.3 is 0 Å². The molecule has 0 aliphatic carbocycles. The summed E-state index contributed by atoms with van der Waals surface area (Å²) in [6.07, 6.45) is 1.11. The lowest BCUT2D eigenvalue weighted by Crippen LogP contribution is -1.90. The van der Waals surface area contributed by atoms with Gasteiger partial charge in [-0.25, -0.2) is 4.39 Å². The van der Waals surface area contributed by atoms with Crippen molar-refractivity contribution in [3.05, 3.63) is 59.4 Å². The fourth-order valence-electron chi connectivity index (χ4n) is 1.89. The fraction of sp³-hybridized carbons (Fsp3) is 0.188. The Bertz CT molecular complexity index is 579. The predicted octanol–water partition coefficient (Wildman–Crippen LogP) is 4.12. The number of hydrogen-bond acceptors (Lipinski definition) is 1. The van der Waals surface area contributed by atoms with Crippen LogP contribution in [0, 0.1) is 17.1 Å². The van der Waals surface area contributed by atoms with Crippen molar-refractivity contribution in [1.29, 1.82) is 5.26 Å². The Hall–Kier alpha value is -2.14. The molecule has 0 saturated carbocycles. The largest absolute Gasteiger partial charge is 0.207 e. The van der Waals surface area contributed by atoms with Crippen LogP contribution in [-0.2, 0) is 12.8 Å². The quantitative estimate of drug-likeness (QED) is 0.790. The van der Waals surface area contributed by atoms with E-state index in [9.17, 15) is 4.39 Å². The highest BCUT2D eigenvalue weighted by molar-refractivity contribution is 5.64. The second kappa shape index (κ2) is 5.46. The molecule has 0 spiro atoms. The summed E-state index contributed by atoms with van der Waals surface area (Å²) >= 11 is 0. The van der Waals surface area contributed by atoms with E-state index in [0.29, 0.717) is 5.56 Å². The van der Waals surface area contributed by atoms with Gasteiger partial charge < -0.3 is 0 Å². The number of nitriles is 1. The van der Waals surface area contributed by atoms with E-state index in [1.165, 1.54) is 11.6 Å². The third-order valence-electron chi connectivity index (χ3n) is 3.02. The minimum atomic E-state index is -0.311. The first-order chi connectivity index (χ1) is 8.74. The van der Waals surface area contributed by atoms with Crippen LogP contribution in [0.4, 0.5) is 4.39 Å². The Balaban J connectivity index is 2.33. The van der Waals surface area contributed by atoms with E-state index < -0.39 is 0 Å². The number of benzene rings is 2. The molecule has 0 aromatic heterocycles. The maximum atomic E-state index is 13.7. The first kappa shape index (κ1) is 12.3. The van der Waals surface area contributed by atoms with Crippen molar-refractivity contribution in [2.24, 2.45) is 0 Å². The molecule has 2 rings (SSSR count). The SMILES string of the molecule is CCc1ccc(-c2ccc(CC#N)c(F)c2)cc1. The Morgan fingerprint density at radius 3 is 2.28 bits per heavy atom. The molecule has 0 fully saturated rings. The lowest BCUT2D eigenvalue weighted by molar-refractivity contribution is 0.616. The molecule has 0 aliphatic rings. The molecule has 0 atom stereocenters. The average Bonchev–Trinajstić information content (AvgIpc) is 2.41. The molecule has 1 nitrogen and oxygen atoms in total. The maximum Gasteiger partial charge on any atom is 0.128 e. The van der Waals surface area contributed by atoms with Crippen LogP contribution in [0.5, 0.6) is 0 Å². The second-order valence-electron chi connectivity index (χ2n) is 4.19. The van der Waals surface area contributed by atoms with Crippen LogP contribution in [0.25, 0.3) is 11.1 Å². The molecule has 0 amide bonds. The zero-order chi connectivity index (χ0) is 13.0. The summed E-state index contributed by atoms with van der Waals surface area (Å²) in [5.74, 6) is -0.311. The van der Waals surface area contributed by atoms with Gasteiger partial charge in [0.15, 0.2) is 0 Å². The minimum Gasteiger partial charge on any atom is -0.207 e. The van der Waals surface area contributed by atoms with Crippen molar-refractivity contribution in [2.45, 2.75) is 19.8 Å². The normalized spacial score (nSPS) is 10.1. The van der Waals surface area contributed by atoms with E-state index in [0.717, 1.165) is 17.5 Å². The topological polar surface area (TPSA) is 23.8 Å². The molecule has 2 aromatic carbocycles. The van der Waals surface area contributed by atoms with Crippen LogP contribution in [-0.4, -0.2) is 0 Å². The lowest BCUT2D eigenvalue weighted by Gasteiger charge is -2.05. The van der Waals surface area contributed by atoms with Gasteiger partial charge in [0.1, 0.15) is 5.82 Å². The van der Waals surface area contributed by atoms with Crippen molar-refractivity contribution in [3.8, 4) is 17.2 Å². The van der Waals surface area contributed by atoms with Crippen molar-refractivity contribution in [3.63, 3.8) is 0 Å². The monoisotopic (exact) mass is 239 g/mol. The van der Waals surface area contributed by atoms with Gasteiger partial charge in [-0.1, -0.05) is 43.3 Å². The molecule has 0 saturated heterocycles. The van der Waals surface area contributed by atoms with Gasteiger partial charge in [-0.05, 0) is 29.2 Å². The van der Waals surface area contributed by atoms with Crippen LogP contribution >= 0.6 is 0 Å². The van der Waals surface area contributed by atoms with Crippen molar-refractivity contribution in [1.82, 2.24) is 0 Å². The smallest absolute Gasteiger partial charge is 0.128 e. The average molecular weight is 239 g/mol. The fourth-order valence-corrected chi connectivity index (χ4v) is 1.89. The minimum absolute atomic E-state index is 0.112. The summed E-state index contributed by atoms with van der Waals surface area (Å²) in [6.45, 7) is 2.10. The van der Waals surface area contributed by atoms with Gasteiger partial charge in [-0.3, -0.25) is 0 Å². The highest BCUT2D eigenvalue weighted by Crippen LogP contribution is 2.22. The first-order valence-corrected chi connectivity index (χ1v) is 5.99. The Kier molecular flexibility index (Phi) is 3.74. The molecule has 0 aliphatic heterocycles. The van der Waals surface area contributed by atoms with Gasteiger partial charge in [-0.2, -0.15) is 5.26 Å². The van der Waals surface area contributed by atoms with E-state index >= 15 is 0 Å². The Morgan fingerprint density at radius 2 is 1.72 bits per heavy atom. The Labute approximate surface area is 107 Å². The van der Waals surface area contributed by atoms with E-state index in [2.05, 4.69) is 19.1 Å². The summed E-state index contributed by atoms with van der Waals surface area (Å²) in [5, 5.41) is 8.57. The Morgan fingerprint density at radius 1 is 1.06 bits per heavy atom. The molecular weight excluding hydrogens is 225 g/mol. The van der Waals surface area contributed by atoms with Gasteiger partial charge in [0.25, 0.3) is 0 Å². The van der Waals surface area contributed by atoms with Crippen molar-refractivity contribution < 1.29 is 4.39 Å². The number of halogens is 1. The number of nitrogens with zero attached hydrogens (tertiary/aromatic N) is 1. The van der Waals surface area contributed by atoms with E-state index in [1.807, 2.05) is 24.3 Å². The molecule has 0 unspecified atom stereocenters. The first-order valence-electron chi connectivity index (χ1n) is 5.99. The molecule has 18 heavy (non-hydrogen) atoms. The van der Waals surface area contributed by atoms with Crippen molar-refractivity contribution >= 4 is 0 Å². The summed E-state index contributed by atoms with van der Waals surface area (Å²) in [7, 11) is 0. The highest BCUT2D eigenvalue weighted by atomic mass is 19.1. The molecule has 2 aromatic rings. The third-order valence-corrected chi connectivity index (χ3v) is 3.02. The van der Waals surface area contributed by atoms with Crippen LogP contribution in [0.2, 0.25) is 0 Å². The number of aryl methyl sites for hydroxylation is 1. The molecule has 0 bridgehead atoms. The summed E-state index contributed by atoms with van der Waals surface area (Å²) in [4.78, 5) is 0. The van der Waals surface area contributed by atoms with Crippen LogP contribution in [0.3, 0.4) is 0 Å². The van der Waals surface area contributed by atoms with Gasteiger partial charge in [0.2, 0.25) is 0 Å². The number of hydrogen-bond donors (Lipinski definition) is 0. The summed E-state index contributed by atoms with van der Waals surface area (Å²) < 4.78 is 13.7. The zero-order valence-electron chi connectivity index (χ0n) is 10.3. The number of rotatable bonds is 3. The van der Waals surface area contributed by atoms with E-state index in [-0.39, 0.29) is 12.2 Å². The highest BCUT2D eigenvalue weighted by Gasteiger charge is 2.04. The lowest BCUT2D eigenvalue weighted by atomic mass is 10.0. The maximum absolute atomic E-state index is 13.7. The van der Waals surface area contributed by atoms with Gasteiger partial charge in [0, 0.05) is 5.56 Å². The standard InChI is InChI=1S/C16H14FN/c1-2-12-3-5-13(6-4-12)15-8-7-14(9-10-18)16(17)11-15/h3-8,11H,2,9H2,1H3. The molecule has 0 N–H and O–H groups in total. The van der Waals surface area contributed by atoms with Crippen LogP contribution in [0.15, 0.2) is 42.5 Å². The molecule has 0 radical (unpaired) electrons. The van der Waals surface area contributed by atoms with E-state index in [4.69, 9.17) is 5.26 Å². The summed E-state index contributed by atoms with van der Waals surface area (Å²) in [6, 6.07) is 15.1. The zero-order valence-corrected chi connectivity index (χ0v) is 10.3. The second-order valence-corrected chi connectivity index (χ2v) is 4.19. The van der Waals surface area contributed by atoms with E-state index in [1.54, 1.807) is 6.07 Å². The van der Waals surface area contributed by atoms with Gasteiger partial charge in [-0.15, -0.1) is 0 Å².